The van der Waals surface area contributed by atoms with Crippen LogP contribution in [0, 0.1) is 0 Å². The van der Waals surface area contributed by atoms with Crippen molar-refractivity contribution < 1.29 is 9.36 Å². The lowest BCUT2D eigenvalue weighted by atomic mass is 9.92. The number of rotatable bonds is 0. The highest BCUT2D eigenvalue weighted by Gasteiger charge is 2.37. The van der Waals surface area contributed by atoms with E-state index >= 15 is 0 Å². The highest BCUT2D eigenvalue weighted by molar-refractivity contribution is 7.49. The molecule has 0 spiro atoms. The van der Waals surface area contributed by atoms with E-state index in [2.05, 4.69) is 0 Å². The molecule has 2 nitrogen and oxygen atoms in total. The van der Waals surface area contributed by atoms with E-state index in [1.165, 1.54) is 0 Å². The van der Waals surface area contributed by atoms with Crippen molar-refractivity contribution in [2.24, 2.45) is 0 Å². The summed E-state index contributed by atoms with van der Waals surface area (Å²) in [5, 5.41) is 0.741. The smallest absolute Gasteiger partial charge is 0.294 e. The standard InChI is InChI=1S/C13H10O2P/c14-11-6-3-7-12-13(11)10-5-2-1-4-9(10)8-16(12)15/h1-5,7H,6,8H2/q+1. The van der Waals surface area contributed by atoms with Crippen LogP contribution in [-0.2, 0) is 15.5 Å². The Morgan fingerprint density at radius 1 is 1.19 bits per heavy atom. The van der Waals surface area contributed by atoms with E-state index in [4.69, 9.17) is 0 Å². The molecule has 1 heterocycles. The third-order valence-corrected chi connectivity index (χ3v) is 4.52. The van der Waals surface area contributed by atoms with E-state index in [0.717, 1.165) is 16.4 Å². The van der Waals surface area contributed by atoms with Gasteiger partial charge in [-0.2, -0.15) is 0 Å². The lowest BCUT2D eigenvalue weighted by Crippen LogP contribution is -2.11. The summed E-state index contributed by atoms with van der Waals surface area (Å²) in [5.41, 5.74) is 2.69. The fourth-order valence-electron chi connectivity index (χ4n) is 2.24. The minimum absolute atomic E-state index is 0.0907. The van der Waals surface area contributed by atoms with E-state index in [9.17, 15) is 9.36 Å². The fraction of sp³-hybridized carbons (Fsp3) is 0.154. The topological polar surface area (TPSA) is 34.1 Å². The first-order valence-corrected chi connectivity index (χ1v) is 6.69. The van der Waals surface area contributed by atoms with Crippen molar-refractivity contribution >= 4 is 19.2 Å². The maximum absolute atomic E-state index is 12.0. The van der Waals surface area contributed by atoms with Crippen molar-refractivity contribution in [3.8, 4) is 0 Å². The molecule has 0 aromatic heterocycles. The Morgan fingerprint density at radius 3 is 2.88 bits per heavy atom. The van der Waals surface area contributed by atoms with Gasteiger partial charge in [-0.3, -0.25) is 4.79 Å². The number of carbonyl (C=O) groups excluding carboxylic acids is 1. The molecule has 1 unspecified atom stereocenters. The summed E-state index contributed by atoms with van der Waals surface area (Å²) in [4.78, 5) is 11.9. The SMILES string of the molecule is O=C1CC=CC2=C1c1ccccc1C[P+]2=O. The van der Waals surface area contributed by atoms with Crippen LogP contribution in [0.3, 0.4) is 0 Å². The molecule has 1 atom stereocenters. The normalized spacial score (nSPS) is 20.8. The Morgan fingerprint density at radius 2 is 2.00 bits per heavy atom. The molecule has 2 aliphatic rings. The molecular formula is C13H10O2P+. The highest BCUT2D eigenvalue weighted by Crippen LogP contribution is 2.49. The molecule has 0 saturated heterocycles. The zero-order valence-electron chi connectivity index (χ0n) is 8.64. The van der Waals surface area contributed by atoms with Crippen LogP contribution in [-0.4, -0.2) is 5.78 Å². The maximum atomic E-state index is 12.0. The summed E-state index contributed by atoms with van der Waals surface area (Å²) in [6.45, 7) is 0. The first-order chi connectivity index (χ1) is 7.77. The predicted octanol–water partition coefficient (Wildman–Crippen LogP) is 3.27. The summed E-state index contributed by atoms with van der Waals surface area (Å²) >= 11 is 0. The average molecular weight is 229 g/mol. The van der Waals surface area contributed by atoms with Crippen LogP contribution in [0.5, 0.6) is 0 Å². The van der Waals surface area contributed by atoms with Gasteiger partial charge in [-0.25, -0.2) is 0 Å². The number of ketones is 1. The summed E-state index contributed by atoms with van der Waals surface area (Å²) < 4.78 is 12.0. The highest BCUT2D eigenvalue weighted by atomic mass is 31.1. The zero-order valence-corrected chi connectivity index (χ0v) is 9.54. The Bertz CT molecular complexity index is 567. The summed E-state index contributed by atoms with van der Waals surface area (Å²) in [7, 11) is -1.44. The van der Waals surface area contributed by atoms with Crippen molar-refractivity contribution in [3.63, 3.8) is 0 Å². The van der Waals surface area contributed by atoms with Gasteiger partial charge < -0.3 is 0 Å². The quantitative estimate of drug-likeness (QED) is 0.640. The molecule has 1 aliphatic carbocycles. The van der Waals surface area contributed by atoms with E-state index in [0.29, 0.717) is 18.2 Å². The number of benzene rings is 1. The van der Waals surface area contributed by atoms with Crippen molar-refractivity contribution in [1.82, 2.24) is 0 Å². The van der Waals surface area contributed by atoms with E-state index in [-0.39, 0.29) is 5.78 Å². The molecule has 1 aromatic rings. The Labute approximate surface area is 94.5 Å². The molecule has 0 amide bonds. The van der Waals surface area contributed by atoms with Crippen molar-refractivity contribution in [2.75, 3.05) is 0 Å². The number of hydrogen-bond donors (Lipinski definition) is 0. The zero-order chi connectivity index (χ0) is 11.1. The largest absolute Gasteiger partial charge is 0.382 e. The van der Waals surface area contributed by atoms with Gasteiger partial charge in [0.05, 0.1) is 5.57 Å². The Hall–Kier alpha value is -1.53. The molecule has 0 fully saturated rings. The molecule has 78 valence electrons. The van der Waals surface area contributed by atoms with Gasteiger partial charge in [-0.15, -0.1) is 0 Å². The first kappa shape index (κ1) is 9.68. The van der Waals surface area contributed by atoms with Gasteiger partial charge in [0.2, 0.25) is 5.31 Å². The molecule has 16 heavy (non-hydrogen) atoms. The van der Waals surface area contributed by atoms with Crippen LogP contribution < -0.4 is 0 Å². The van der Waals surface area contributed by atoms with Crippen LogP contribution >= 0.6 is 7.80 Å². The van der Waals surface area contributed by atoms with E-state index in [1.807, 2.05) is 36.4 Å². The van der Waals surface area contributed by atoms with Gasteiger partial charge in [0, 0.05) is 12.0 Å². The maximum Gasteiger partial charge on any atom is 0.382 e. The summed E-state index contributed by atoms with van der Waals surface area (Å²) in [5.74, 6) is 0.0907. The third-order valence-electron chi connectivity index (χ3n) is 2.98. The molecule has 0 N–H and O–H groups in total. The summed E-state index contributed by atoms with van der Waals surface area (Å²) in [6.07, 6.45) is 4.64. The summed E-state index contributed by atoms with van der Waals surface area (Å²) in [6, 6.07) is 7.76. The minimum Gasteiger partial charge on any atom is -0.294 e. The molecule has 0 bridgehead atoms. The molecule has 1 aromatic carbocycles. The molecule has 0 saturated carbocycles. The van der Waals surface area contributed by atoms with Gasteiger partial charge in [-0.1, -0.05) is 34.9 Å². The van der Waals surface area contributed by atoms with Crippen LogP contribution in [0.4, 0.5) is 0 Å². The monoisotopic (exact) mass is 229 g/mol. The molecule has 3 rings (SSSR count). The molecule has 1 aliphatic heterocycles. The van der Waals surface area contributed by atoms with Crippen molar-refractivity contribution in [3.05, 3.63) is 52.9 Å². The predicted molar refractivity (Wildman–Crippen MR) is 63.4 cm³/mol. The number of hydrogen-bond acceptors (Lipinski definition) is 2. The van der Waals surface area contributed by atoms with E-state index in [1.54, 1.807) is 0 Å². The average Bonchev–Trinajstić information content (AvgIpc) is 2.30. The van der Waals surface area contributed by atoms with Gasteiger partial charge >= 0.3 is 7.80 Å². The van der Waals surface area contributed by atoms with E-state index < -0.39 is 7.80 Å². The lowest BCUT2D eigenvalue weighted by Gasteiger charge is -2.15. The van der Waals surface area contributed by atoms with Crippen LogP contribution in [0.1, 0.15) is 17.5 Å². The number of Topliss-reactive ketones (excluding diaryl/α,β-unsaturated/α-hetero) is 1. The lowest BCUT2D eigenvalue weighted by molar-refractivity contribution is -0.113. The number of fused-ring (bicyclic) bond motifs is 2. The number of carbonyl (C=O) groups is 1. The van der Waals surface area contributed by atoms with Gasteiger partial charge in [0.15, 0.2) is 11.9 Å². The Kier molecular flexibility index (Phi) is 2.12. The molecule has 0 radical (unpaired) electrons. The van der Waals surface area contributed by atoms with Crippen LogP contribution in [0.2, 0.25) is 0 Å². The van der Waals surface area contributed by atoms with Gasteiger partial charge in [-0.05, 0) is 11.6 Å². The first-order valence-electron chi connectivity index (χ1n) is 5.24. The molecular weight excluding hydrogens is 219 g/mol. The number of allylic oxidation sites excluding steroid dienone is 4. The second-order valence-electron chi connectivity index (χ2n) is 3.98. The van der Waals surface area contributed by atoms with Crippen LogP contribution in [0.15, 0.2) is 41.7 Å². The molecule has 3 heteroatoms. The fourth-order valence-corrected chi connectivity index (χ4v) is 3.77. The van der Waals surface area contributed by atoms with Crippen LogP contribution in [0.25, 0.3) is 5.57 Å². The second-order valence-corrected chi connectivity index (χ2v) is 5.54. The van der Waals surface area contributed by atoms with Gasteiger partial charge in [0.1, 0.15) is 0 Å². The van der Waals surface area contributed by atoms with Crippen molar-refractivity contribution in [1.29, 1.82) is 0 Å². The Balaban J connectivity index is 2.31. The second kappa shape index (κ2) is 3.50. The minimum atomic E-state index is -1.44. The van der Waals surface area contributed by atoms with Gasteiger partial charge in [0.25, 0.3) is 0 Å². The van der Waals surface area contributed by atoms with Crippen molar-refractivity contribution in [2.45, 2.75) is 12.6 Å². The third kappa shape index (κ3) is 1.30.